The fourth-order valence-corrected chi connectivity index (χ4v) is 5.20. The molecule has 42 heavy (non-hydrogen) atoms. The quantitative estimate of drug-likeness (QED) is 0.404. The van der Waals surface area contributed by atoms with Gasteiger partial charge in [0.05, 0.1) is 5.69 Å². The van der Waals surface area contributed by atoms with Crippen LogP contribution in [0.2, 0.25) is 0 Å². The number of halogens is 1. The molecule has 1 amide bonds. The van der Waals surface area contributed by atoms with Crippen LogP contribution in [-0.4, -0.2) is 77.1 Å². The molecule has 222 valence electrons. The van der Waals surface area contributed by atoms with Gasteiger partial charge in [0, 0.05) is 38.6 Å². The lowest BCUT2D eigenvalue weighted by Gasteiger charge is -2.39. The van der Waals surface area contributed by atoms with Crippen LogP contribution in [0.25, 0.3) is 0 Å². The summed E-state index contributed by atoms with van der Waals surface area (Å²) in [5, 5.41) is 14.8. The second kappa shape index (κ2) is 15.0. The van der Waals surface area contributed by atoms with Crippen molar-refractivity contribution in [3.8, 4) is 5.75 Å². The van der Waals surface area contributed by atoms with E-state index < -0.39 is 11.9 Å². The highest BCUT2D eigenvalue weighted by atomic mass is 19.1. The van der Waals surface area contributed by atoms with Crippen LogP contribution in [0.5, 0.6) is 5.75 Å². The molecule has 3 aromatic carbocycles. The number of piperidine rings is 1. The minimum Gasteiger partial charge on any atom is -0.489 e. The molecule has 9 nitrogen and oxygen atoms in total. The summed E-state index contributed by atoms with van der Waals surface area (Å²) in [5.74, 6) is -2.61. The van der Waals surface area contributed by atoms with Gasteiger partial charge in [0.2, 0.25) is 5.91 Å². The fourth-order valence-electron chi connectivity index (χ4n) is 5.20. The lowest BCUT2D eigenvalue weighted by Crippen LogP contribution is -2.51. The minimum absolute atomic E-state index is 0.0850. The number of carboxylic acid groups (broad SMARTS) is 2. The smallest absolute Gasteiger partial charge is 0.414 e. The Labute approximate surface area is 244 Å². The number of amides is 1. The average molecular weight is 578 g/mol. The monoisotopic (exact) mass is 577 g/mol. The molecular formula is C32H36FN3O6. The van der Waals surface area contributed by atoms with Crippen molar-refractivity contribution in [3.63, 3.8) is 0 Å². The lowest BCUT2D eigenvalue weighted by atomic mass is 9.94. The molecule has 0 bridgehead atoms. The summed E-state index contributed by atoms with van der Waals surface area (Å²) in [6.07, 6.45) is 1.77. The van der Waals surface area contributed by atoms with Crippen LogP contribution < -0.4 is 9.64 Å². The first-order valence-corrected chi connectivity index (χ1v) is 14.0. The molecule has 5 rings (SSSR count). The van der Waals surface area contributed by atoms with Crippen LogP contribution in [0.3, 0.4) is 0 Å². The SMILES string of the molecule is O=C(C1CCN(Cc2cccc(OCc3ccccc3)c2)CC1)N1CCN(c2ccccc2F)CC1.O=C(O)C(=O)O. The summed E-state index contributed by atoms with van der Waals surface area (Å²) in [5.41, 5.74) is 3.02. The first-order valence-electron chi connectivity index (χ1n) is 14.0. The number of hydrogen-bond donors (Lipinski definition) is 2. The molecule has 2 fully saturated rings. The normalized spacial score (nSPS) is 15.8. The lowest BCUT2D eigenvalue weighted by molar-refractivity contribution is -0.159. The molecule has 0 unspecified atom stereocenters. The Morgan fingerprint density at radius 1 is 0.762 bits per heavy atom. The van der Waals surface area contributed by atoms with Crippen LogP contribution >= 0.6 is 0 Å². The van der Waals surface area contributed by atoms with Gasteiger partial charge in [-0.05, 0) is 61.3 Å². The van der Waals surface area contributed by atoms with Gasteiger partial charge in [-0.25, -0.2) is 14.0 Å². The predicted octanol–water partition coefficient (Wildman–Crippen LogP) is 4.12. The van der Waals surface area contributed by atoms with Gasteiger partial charge in [-0.1, -0.05) is 54.6 Å². The summed E-state index contributed by atoms with van der Waals surface area (Å²) in [4.78, 5) is 37.8. The minimum atomic E-state index is -1.82. The number of carboxylic acids is 2. The number of nitrogens with zero attached hydrogens (tertiary/aromatic N) is 3. The van der Waals surface area contributed by atoms with Gasteiger partial charge in [0.15, 0.2) is 0 Å². The first-order chi connectivity index (χ1) is 20.3. The summed E-state index contributed by atoms with van der Waals surface area (Å²) in [6.45, 7) is 5.92. The van der Waals surface area contributed by atoms with E-state index in [9.17, 15) is 9.18 Å². The number of para-hydroxylation sites is 1. The van der Waals surface area contributed by atoms with Crippen LogP contribution in [0.15, 0.2) is 78.9 Å². The number of piperazine rings is 1. The van der Waals surface area contributed by atoms with E-state index in [1.165, 1.54) is 11.6 Å². The zero-order valence-corrected chi connectivity index (χ0v) is 23.4. The number of ether oxygens (including phenoxy) is 1. The van der Waals surface area contributed by atoms with E-state index in [-0.39, 0.29) is 17.6 Å². The van der Waals surface area contributed by atoms with Crippen LogP contribution in [0.1, 0.15) is 24.0 Å². The zero-order valence-electron chi connectivity index (χ0n) is 23.4. The zero-order chi connectivity index (χ0) is 29.9. The molecule has 0 saturated carbocycles. The van der Waals surface area contributed by atoms with Crippen molar-refractivity contribution in [1.82, 2.24) is 9.80 Å². The van der Waals surface area contributed by atoms with Crippen LogP contribution in [-0.2, 0) is 27.5 Å². The van der Waals surface area contributed by atoms with E-state index in [0.717, 1.165) is 43.8 Å². The Bertz CT molecular complexity index is 1330. The molecule has 2 saturated heterocycles. The number of likely N-dealkylation sites (tertiary alicyclic amines) is 1. The standard InChI is InChI=1S/C30H34FN3O2.C2H2O4/c31-28-11-4-5-12-29(28)33-17-19-34(20-18-33)30(35)26-13-15-32(16-14-26)22-25-9-6-10-27(21-25)36-23-24-7-2-1-3-8-24;3-1(4)2(5)6/h1-12,21,26H,13-20,22-23H2;(H,3,4)(H,5,6). The maximum absolute atomic E-state index is 14.1. The topological polar surface area (TPSA) is 111 Å². The Hall–Kier alpha value is -4.44. The molecule has 2 heterocycles. The van der Waals surface area contributed by atoms with Crippen molar-refractivity contribution in [2.24, 2.45) is 5.92 Å². The molecule has 0 spiro atoms. The Morgan fingerprint density at radius 3 is 2.02 bits per heavy atom. The van der Waals surface area contributed by atoms with E-state index in [2.05, 4.69) is 29.2 Å². The van der Waals surface area contributed by atoms with Gasteiger partial charge in [-0.15, -0.1) is 0 Å². The molecule has 2 aliphatic rings. The molecule has 0 aromatic heterocycles. The Morgan fingerprint density at radius 2 is 1.38 bits per heavy atom. The number of benzene rings is 3. The third-order valence-electron chi connectivity index (χ3n) is 7.46. The number of hydrogen-bond acceptors (Lipinski definition) is 6. The van der Waals surface area contributed by atoms with Crippen molar-refractivity contribution in [2.75, 3.05) is 44.2 Å². The van der Waals surface area contributed by atoms with E-state index in [0.29, 0.717) is 38.5 Å². The fraction of sp³-hybridized carbons (Fsp3) is 0.344. The highest BCUT2D eigenvalue weighted by Crippen LogP contribution is 2.25. The second-order valence-electron chi connectivity index (χ2n) is 10.3. The predicted molar refractivity (Wildman–Crippen MR) is 156 cm³/mol. The van der Waals surface area contributed by atoms with E-state index >= 15 is 0 Å². The number of anilines is 1. The van der Waals surface area contributed by atoms with E-state index in [4.69, 9.17) is 24.5 Å². The first kappa shape index (κ1) is 30.5. The van der Waals surface area contributed by atoms with Crippen LogP contribution in [0, 0.1) is 11.7 Å². The van der Waals surface area contributed by atoms with Crippen molar-refractivity contribution in [1.29, 1.82) is 0 Å². The highest BCUT2D eigenvalue weighted by Gasteiger charge is 2.30. The summed E-state index contributed by atoms with van der Waals surface area (Å²) in [7, 11) is 0. The van der Waals surface area contributed by atoms with E-state index in [1.54, 1.807) is 6.07 Å². The van der Waals surface area contributed by atoms with Gasteiger partial charge in [-0.3, -0.25) is 9.69 Å². The largest absolute Gasteiger partial charge is 0.489 e. The number of aliphatic carboxylic acids is 2. The van der Waals surface area contributed by atoms with Gasteiger partial charge in [0.25, 0.3) is 0 Å². The van der Waals surface area contributed by atoms with Crippen molar-refractivity contribution >= 4 is 23.5 Å². The molecule has 0 atom stereocenters. The van der Waals surface area contributed by atoms with Gasteiger partial charge >= 0.3 is 11.9 Å². The van der Waals surface area contributed by atoms with Gasteiger partial charge in [0.1, 0.15) is 18.2 Å². The summed E-state index contributed by atoms with van der Waals surface area (Å²) < 4.78 is 20.1. The third-order valence-corrected chi connectivity index (χ3v) is 7.46. The highest BCUT2D eigenvalue weighted by molar-refractivity contribution is 6.27. The molecule has 0 radical (unpaired) electrons. The number of carbonyl (C=O) groups is 3. The molecule has 2 N–H and O–H groups in total. The maximum atomic E-state index is 14.1. The number of rotatable bonds is 7. The summed E-state index contributed by atoms with van der Waals surface area (Å²) >= 11 is 0. The Kier molecular flexibility index (Phi) is 10.9. The molecule has 0 aliphatic carbocycles. The Balaban J connectivity index is 0.000000612. The maximum Gasteiger partial charge on any atom is 0.414 e. The molecular weight excluding hydrogens is 541 g/mol. The van der Waals surface area contributed by atoms with Crippen molar-refractivity contribution in [2.45, 2.75) is 26.0 Å². The molecule has 2 aliphatic heterocycles. The molecule has 3 aromatic rings. The van der Waals surface area contributed by atoms with Gasteiger partial charge < -0.3 is 24.7 Å². The third kappa shape index (κ3) is 8.78. The molecule has 10 heteroatoms. The van der Waals surface area contributed by atoms with E-state index in [1.807, 2.05) is 52.3 Å². The van der Waals surface area contributed by atoms with Gasteiger partial charge in [-0.2, -0.15) is 0 Å². The van der Waals surface area contributed by atoms with Crippen LogP contribution in [0.4, 0.5) is 10.1 Å². The number of carbonyl (C=O) groups excluding carboxylic acids is 1. The average Bonchev–Trinajstić information content (AvgIpc) is 3.01. The second-order valence-corrected chi connectivity index (χ2v) is 10.3. The van der Waals surface area contributed by atoms with Crippen molar-refractivity contribution < 1.29 is 33.7 Å². The van der Waals surface area contributed by atoms with Crippen molar-refractivity contribution in [3.05, 3.63) is 95.8 Å². The summed E-state index contributed by atoms with van der Waals surface area (Å²) in [6, 6.07) is 25.4.